The van der Waals surface area contributed by atoms with Gasteiger partial charge in [-0.05, 0) is 11.3 Å². The van der Waals surface area contributed by atoms with E-state index < -0.39 is 22.6 Å². The molecule has 1 heterocycles. The van der Waals surface area contributed by atoms with E-state index in [1.54, 1.807) is 6.92 Å². The molecule has 0 N–H and O–H groups in total. The van der Waals surface area contributed by atoms with Crippen LogP contribution in [0.2, 0.25) is 0 Å². The van der Waals surface area contributed by atoms with Crippen molar-refractivity contribution >= 4 is 5.82 Å². The Labute approximate surface area is 88.2 Å². The van der Waals surface area contributed by atoms with Crippen molar-refractivity contribution in [3.8, 4) is 0 Å². The summed E-state index contributed by atoms with van der Waals surface area (Å²) >= 11 is 0. The topological polar surface area (TPSA) is 73.8 Å². The van der Waals surface area contributed by atoms with E-state index in [-0.39, 0.29) is 6.54 Å². The number of nitro groups is 1. The maximum absolute atomic E-state index is 12.5. The van der Waals surface area contributed by atoms with Gasteiger partial charge in [0.05, 0.1) is 5.21 Å². The van der Waals surface area contributed by atoms with E-state index in [0.29, 0.717) is 17.5 Å². The Morgan fingerprint density at radius 2 is 2.12 bits per heavy atom. The monoisotopic (exact) mass is 238 g/mol. The second-order valence-electron chi connectivity index (χ2n) is 3.09. The lowest BCUT2D eigenvalue weighted by Crippen LogP contribution is -2.16. The van der Waals surface area contributed by atoms with E-state index >= 15 is 0 Å². The molecule has 0 aliphatic carbocycles. The quantitative estimate of drug-likeness (QED) is 0.594. The average Bonchev–Trinajstić information content (AvgIpc) is 2.57. The summed E-state index contributed by atoms with van der Waals surface area (Å²) in [6.45, 7) is 1.75. The van der Waals surface area contributed by atoms with E-state index in [0.717, 1.165) is 0 Å². The molecular formula is C7H9F3N4O2. The summed E-state index contributed by atoms with van der Waals surface area (Å²) in [6.07, 6.45) is -3.71. The first-order valence-electron chi connectivity index (χ1n) is 4.53. The van der Waals surface area contributed by atoms with Gasteiger partial charge in [0.25, 0.3) is 0 Å². The van der Waals surface area contributed by atoms with Crippen molar-refractivity contribution in [2.45, 2.75) is 32.5 Å². The highest BCUT2D eigenvalue weighted by Crippen LogP contribution is 2.34. The minimum atomic E-state index is -4.82. The summed E-state index contributed by atoms with van der Waals surface area (Å²) in [5.74, 6) is -1.25. The van der Waals surface area contributed by atoms with Crippen molar-refractivity contribution < 1.29 is 18.1 Å². The first-order valence-corrected chi connectivity index (χ1v) is 4.53. The van der Waals surface area contributed by atoms with Crippen LogP contribution in [0.1, 0.15) is 25.5 Å². The molecular weight excluding hydrogens is 229 g/mol. The summed E-state index contributed by atoms with van der Waals surface area (Å²) in [5, 5.41) is 16.4. The van der Waals surface area contributed by atoms with Gasteiger partial charge in [0, 0.05) is 6.54 Å². The molecule has 0 aliphatic rings. The predicted molar refractivity (Wildman–Crippen MR) is 46.6 cm³/mol. The summed E-state index contributed by atoms with van der Waals surface area (Å²) in [6, 6.07) is 0. The lowest BCUT2D eigenvalue weighted by molar-refractivity contribution is -0.392. The van der Waals surface area contributed by atoms with Crippen molar-refractivity contribution in [3.05, 3.63) is 15.8 Å². The second-order valence-corrected chi connectivity index (χ2v) is 3.09. The van der Waals surface area contributed by atoms with Crippen LogP contribution in [0.25, 0.3) is 0 Å². The van der Waals surface area contributed by atoms with Crippen molar-refractivity contribution in [2.75, 3.05) is 0 Å². The fourth-order valence-corrected chi connectivity index (χ4v) is 1.16. The van der Waals surface area contributed by atoms with Gasteiger partial charge in [0.1, 0.15) is 5.10 Å². The zero-order chi connectivity index (χ0) is 12.3. The van der Waals surface area contributed by atoms with Crippen LogP contribution in [0.3, 0.4) is 0 Å². The van der Waals surface area contributed by atoms with Gasteiger partial charge < -0.3 is 10.1 Å². The number of hydrogen-bond donors (Lipinski definition) is 0. The lowest BCUT2D eigenvalue weighted by atomic mass is 10.3. The van der Waals surface area contributed by atoms with Gasteiger partial charge in [-0.3, -0.25) is 0 Å². The third-order valence-corrected chi connectivity index (χ3v) is 1.88. The fourth-order valence-electron chi connectivity index (χ4n) is 1.16. The number of rotatable bonds is 4. The molecule has 9 heteroatoms. The van der Waals surface area contributed by atoms with Crippen molar-refractivity contribution in [1.82, 2.24) is 15.0 Å². The maximum Gasteiger partial charge on any atom is 0.441 e. The van der Waals surface area contributed by atoms with E-state index in [9.17, 15) is 23.3 Å². The Balaban J connectivity index is 3.15. The molecule has 0 fully saturated rings. The van der Waals surface area contributed by atoms with Gasteiger partial charge in [-0.2, -0.15) is 13.2 Å². The molecule has 0 bridgehead atoms. The SMILES string of the molecule is CCCCn1nnc([N+](=O)[O-])c1C(F)(F)F. The zero-order valence-electron chi connectivity index (χ0n) is 8.36. The third kappa shape index (κ3) is 2.47. The molecule has 0 atom stereocenters. The smallest absolute Gasteiger partial charge is 0.358 e. The van der Waals surface area contributed by atoms with E-state index in [2.05, 4.69) is 10.3 Å². The minimum Gasteiger partial charge on any atom is -0.358 e. The number of aromatic nitrogens is 3. The number of aryl methyl sites for hydroxylation is 1. The summed E-state index contributed by atoms with van der Waals surface area (Å²) in [5.41, 5.74) is -1.40. The second kappa shape index (κ2) is 4.45. The van der Waals surface area contributed by atoms with Crippen LogP contribution < -0.4 is 0 Å². The van der Waals surface area contributed by atoms with Crippen LogP contribution in [-0.4, -0.2) is 19.9 Å². The van der Waals surface area contributed by atoms with Crippen molar-refractivity contribution in [1.29, 1.82) is 0 Å². The first-order chi connectivity index (χ1) is 7.38. The molecule has 0 spiro atoms. The Morgan fingerprint density at radius 3 is 2.56 bits per heavy atom. The molecule has 0 saturated carbocycles. The van der Waals surface area contributed by atoms with Gasteiger partial charge in [-0.15, -0.1) is 0 Å². The zero-order valence-corrected chi connectivity index (χ0v) is 8.36. The number of nitrogens with zero attached hydrogens (tertiary/aromatic N) is 4. The van der Waals surface area contributed by atoms with Crippen molar-refractivity contribution in [3.63, 3.8) is 0 Å². The van der Waals surface area contributed by atoms with Crippen LogP contribution in [0.5, 0.6) is 0 Å². The third-order valence-electron chi connectivity index (χ3n) is 1.88. The van der Waals surface area contributed by atoms with Crippen LogP contribution in [0.15, 0.2) is 0 Å². The highest BCUT2D eigenvalue weighted by molar-refractivity contribution is 5.27. The molecule has 90 valence electrons. The molecule has 0 unspecified atom stereocenters. The molecule has 0 aliphatic heterocycles. The molecule has 6 nitrogen and oxygen atoms in total. The molecule has 0 amide bonds. The maximum atomic E-state index is 12.5. The lowest BCUT2D eigenvalue weighted by Gasteiger charge is -2.06. The van der Waals surface area contributed by atoms with Crippen molar-refractivity contribution in [2.24, 2.45) is 0 Å². The van der Waals surface area contributed by atoms with Crippen LogP contribution in [0.4, 0.5) is 19.0 Å². The van der Waals surface area contributed by atoms with Gasteiger partial charge >= 0.3 is 12.0 Å². The molecule has 1 aromatic heterocycles. The van der Waals surface area contributed by atoms with Gasteiger partial charge in [0.2, 0.25) is 5.69 Å². The fraction of sp³-hybridized carbons (Fsp3) is 0.714. The Morgan fingerprint density at radius 1 is 1.50 bits per heavy atom. The summed E-state index contributed by atoms with van der Waals surface area (Å²) < 4.78 is 38.1. The highest BCUT2D eigenvalue weighted by atomic mass is 19.4. The Bertz CT molecular complexity index is 387. The van der Waals surface area contributed by atoms with Crippen LogP contribution >= 0.6 is 0 Å². The molecule has 16 heavy (non-hydrogen) atoms. The number of unbranched alkanes of at least 4 members (excludes halogenated alkanes) is 1. The predicted octanol–water partition coefficient (Wildman–Crippen LogP) is 2.01. The Hall–Kier alpha value is -1.67. The molecule has 1 aromatic rings. The molecule has 0 aromatic carbocycles. The number of alkyl halides is 3. The highest BCUT2D eigenvalue weighted by Gasteiger charge is 2.45. The normalized spacial score (nSPS) is 11.8. The molecule has 1 rings (SSSR count). The van der Waals surface area contributed by atoms with Crippen LogP contribution in [-0.2, 0) is 12.7 Å². The average molecular weight is 238 g/mol. The van der Waals surface area contributed by atoms with Gasteiger partial charge in [-0.1, -0.05) is 13.3 Å². The largest absolute Gasteiger partial charge is 0.441 e. The minimum absolute atomic E-state index is 0.0355. The van der Waals surface area contributed by atoms with E-state index in [1.165, 1.54) is 0 Å². The molecule has 0 saturated heterocycles. The Kier molecular flexibility index (Phi) is 3.45. The number of hydrogen-bond acceptors (Lipinski definition) is 4. The number of halogens is 3. The molecule has 0 radical (unpaired) electrons. The van der Waals surface area contributed by atoms with Gasteiger partial charge in [-0.25, -0.2) is 4.68 Å². The van der Waals surface area contributed by atoms with Gasteiger partial charge in [0.15, 0.2) is 0 Å². The van der Waals surface area contributed by atoms with E-state index in [4.69, 9.17) is 0 Å². The van der Waals surface area contributed by atoms with Crippen LogP contribution in [0, 0.1) is 10.1 Å². The summed E-state index contributed by atoms with van der Waals surface area (Å²) in [4.78, 5) is 9.16. The summed E-state index contributed by atoms with van der Waals surface area (Å²) in [7, 11) is 0. The first kappa shape index (κ1) is 12.4. The standard InChI is InChI=1S/C7H9F3N4O2/c1-2-3-4-13-5(7(8,9)10)6(11-12-13)14(15)16/h2-4H2,1H3. The van der Waals surface area contributed by atoms with E-state index in [1.807, 2.05) is 0 Å².